The normalized spacial score (nSPS) is 12.7. The maximum absolute atomic E-state index is 13.0. The second kappa shape index (κ2) is 6.07. The largest absolute Gasteiger partial charge is 0.355 e. The maximum Gasteiger partial charge on any atom is 0.203 e. The summed E-state index contributed by atoms with van der Waals surface area (Å²) >= 11 is 0. The molecule has 0 saturated heterocycles. The topological polar surface area (TPSA) is 29.9 Å². The van der Waals surface area contributed by atoms with E-state index in [1.165, 1.54) is 12.1 Å². The summed E-state index contributed by atoms with van der Waals surface area (Å²) in [5.74, 6) is 1.22. The third-order valence-electron chi connectivity index (χ3n) is 3.29. The molecule has 2 aromatic rings. The SMILES string of the molecule is Cc1cn(C(C)c2ccc(F)cc2)c(NCC(C)C)n1. The Labute approximate surface area is 119 Å². The van der Waals surface area contributed by atoms with E-state index in [4.69, 9.17) is 0 Å². The average molecular weight is 275 g/mol. The summed E-state index contributed by atoms with van der Waals surface area (Å²) in [7, 11) is 0. The molecule has 20 heavy (non-hydrogen) atoms. The van der Waals surface area contributed by atoms with E-state index in [9.17, 15) is 4.39 Å². The second-order valence-electron chi connectivity index (χ2n) is 5.62. The fourth-order valence-electron chi connectivity index (χ4n) is 2.14. The van der Waals surface area contributed by atoms with Gasteiger partial charge in [0.1, 0.15) is 5.82 Å². The first-order valence-electron chi connectivity index (χ1n) is 7.02. The fourth-order valence-corrected chi connectivity index (χ4v) is 2.14. The highest BCUT2D eigenvalue weighted by Crippen LogP contribution is 2.23. The standard InChI is InChI=1S/C16H22FN3/c1-11(2)9-18-16-19-12(3)10-20(16)13(4)14-5-7-15(17)8-6-14/h5-8,10-11,13H,9H2,1-4H3,(H,18,19). The summed E-state index contributed by atoms with van der Waals surface area (Å²) in [6.07, 6.45) is 2.02. The first-order valence-corrected chi connectivity index (χ1v) is 7.02. The van der Waals surface area contributed by atoms with Gasteiger partial charge in [-0.3, -0.25) is 0 Å². The highest BCUT2D eigenvalue weighted by atomic mass is 19.1. The molecule has 1 aromatic heterocycles. The van der Waals surface area contributed by atoms with Gasteiger partial charge in [-0.05, 0) is 37.5 Å². The number of halogens is 1. The van der Waals surface area contributed by atoms with Gasteiger partial charge in [-0.25, -0.2) is 9.37 Å². The first-order chi connectivity index (χ1) is 9.47. The van der Waals surface area contributed by atoms with Crippen LogP contribution in [0.25, 0.3) is 0 Å². The molecular formula is C16H22FN3. The summed E-state index contributed by atoms with van der Waals surface area (Å²) < 4.78 is 15.1. The summed E-state index contributed by atoms with van der Waals surface area (Å²) in [5, 5.41) is 3.37. The van der Waals surface area contributed by atoms with Crippen LogP contribution in [0.15, 0.2) is 30.5 Å². The Morgan fingerprint density at radius 3 is 2.45 bits per heavy atom. The minimum Gasteiger partial charge on any atom is -0.355 e. The lowest BCUT2D eigenvalue weighted by molar-refractivity contribution is 0.613. The summed E-state index contributed by atoms with van der Waals surface area (Å²) in [5.41, 5.74) is 2.04. The van der Waals surface area contributed by atoms with Gasteiger partial charge in [0.2, 0.25) is 5.95 Å². The van der Waals surface area contributed by atoms with Crippen molar-refractivity contribution in [1.29, 1.82) is 0 Å². The predicted molar refractivity (Wildman–Crippen MR) is 80.5 cm³/mol. The molecule has 108 valence electrons. The van der Waals surface area contributed by atoms with Gasteiger partial charge in [0.25, 0.3) is 0 Å². The minimum atomic E-state index is -0.207. The van der Waals surface area contributed by atoms with Crippen molar-refractivity contribution in [2.75, 3.05) is 11.9 Å². The fraction of sp³-hybridized carbons (Fsp3) is 0.438. The predicted octanol–water partition coefficient (Wildman–Crippen LogP) is 4.01. The van der Waals surface area contributed by atoms with Crippen LogP contribution in [-0.4, -0.2) is 16.1 Å². The van der Waals surface area contributed by atoms with Crippen molar-refractivity contribution in [2.45, 2.75) is 33.7 Å². The second-order valence-corrected chi connectivity index (χ2v) is 5.62. The molecule has 0 aliphatic carbocycles. The van der Waals surface area contributed by atoms with E-state index in [0.717, 1.165) is 23.8 Å². The van der Waals surface area contributed by atoms with Gasteiger partial charge >= 0.3 is 0 Å². The molecule has 0 saturated carbocycles. The van der Waals surface area contributed by atoms with Crippen LogP contribution in [0, 0.1) is 18.7 Å². The first kappa shape index (κ1) is 14.6. The Bertz CT molecular complexity index is 558. The van der Waals surface area contributed by atoms with Crippen molar-refractivity contribution in [1.82, 2.24) is 9.55 Å². The van der Waals surface area contributed by atoms with Gasteiger partial charge in [0.05, 0.1) is 11.7 Å². The van der Waals surface area contributed by atoms with Crippen LogP contribution in [0.4, 0.5) is 10.3 Å². The van der Waals surface area contributed by atoms with Crippen molar-refractivity contribution in [2.24, 2.45) is 5.92 Å². The van der Waals surface area contributed by atoms with Crippen LogP contribution in [0.5, 0.6) is 0 Å². The number of benzene rings is 1. The molecule has 0 spiro atoms. The number of aryl methyl sites for hydroxylation is 1. The van der Waals surface area contributed by atoms with E-state index in [0.29, 0.717) is 5.92 Å². The third-order valence-corrected chi connectivity index (χ3v) is 3.29. The lowest BCUT2D eigenvalue weighted by atomic mass is 10.1. The van der Waals surface area contributed by atoms with Crippen molar-refractivity contribution >= 4 is 5.95 Å². The molecule has 1 N–H and O–H groups in total. The average Bonchev–Trinajstić information content (AvgIpc) is 2.77. The van der Waals surface area contributed by atoms with E-state index in [2.05, 4.69) is 35.6 Å². The Balaban J connectivity index is 2.24. The van der Waals surface area contributed by atoms with Gasteiger partial charge in [-0.2, -0.15) is 0 Å². The van der Waals surface area contributed by atoms with Crippen LogP contribution >= 0.6 is 0 Å². The number of nitrogens with zero attached hydrogens (tertiary/aromatic N) is 2. The number of aromatic nitrogens is 2. The summed E-state index contributed by atoms with van der Waals surface area (Å²) in [6, 6.07) is 6.75. The van der Waals surface area contributed by atoms with Crippen molar-refractivity contribution in [3.05, 3.63) is 47.5 Å². The molecule has 0 bridgehead atoms. The molecule has 4 heteroatoms. The van der Waals surface area contributed by atoms with Crippen LogP contribution in [0.1, 0.15) is 38.1 Å². The van der Waals surface area contributed by atoms with Crippen LogP contribution in [-0.2, 0) is 0 Å². The van der Waals surface area contributed by atoms with Crippen molar-refractivity contribution < 1.29 is 4.39 Å². The Kier molecular flexibility index (Phi) is 4.42. The van der Waals surface area contributed by atoms with Crippen molar-refractivity contribution in [3.8, 4) is 0 Å². The van der Waals surface area contributed by atoms with Gasteiger partial charge in [-0.1, -0.05) is 26.0 Å². The zero-order valence-corrected chi connectivity index (χ0v) is 12.5. The molecule has 1 unspecified atom stereocenters. The molecule has 0 radical (unpaired) electrons. The number of nitrogens with one attached hydrogen (secondary N) is 1. The molecule has 0 amide bonds. The van der Waals surface area contributed by atoms with Crippen LogP contribution in [0.3, 0.4) is 0 Å². The summed E-state index contributed by atoms with van der Waals surface area (Å²) in [6.45, 7) is 9.28. The molecular weight excluding hydrogens is 253 g/mol. The molecule has 0 aliphatic heterocycles. The van der Waals surface area contributed by atoms with Crippen molar-refractivity contribution in [3.63, 3.8) is 0 Å². The summed E-state index contributed by atoms with van der Waals surface area (Å²) in [4.78, 5) is 4.52. The molecule has 1 aromatic carbocycles. The van der Waals surface area contributed by atoms with E-state index in [-0.39, 0.29) is 11.9 Å². The lowest BCUT2D eigenvalue weighted by Gasteiger charge is -2.18. The van der Waals surface area contributed by atoms with E-state index in [1.807, 2.05) is 25.3 Å². The van der Waals surface area contributed by atoms with Crippen LogP contribution < -0.4 is 5.32 Å². The van der Waals surface area contributed by atoms with Gasteiger partial charge in [0, 0.05) is 12.7 Å². The van der Waals surface area contributed by atoms with Gasteiger partial charge in [0.15, 0.2) is 0 Å². The highest BCUT2D eigenvalue weighted by molar-refractivity contribution is 5.32. The van der Waals surface area contributed by atoms with E-state index >= 15 is 0 Å². The maximum atomic E-state index is 13.0. The van der Waals surface area contributed by atoms with Crippen LogP contribution in [0.2, 0.25) is 0 Å². The molecule has 0 fully saturated rings. The third kappa shape index (κ3) is 3.38. The highest BCUT2D eigenvalue weighted by Gasteiger charge is 2.13. The molecule has 2 rings (SSSR count). The molecule has 1 heterocycles. The van der Waals surface area contributed by atoms with Gasteiger partial charge in [-0.15, -0.1) is 0 Å². The molecule has 3 nitrogen and oxygen atoms in total. The number of hydrogen-bond donors (Lipinski definition) is 1. The number of rotatable bonds is 5. The molecule has 1 atom stereocenters. The lowest BCUT2D eigenvalue weighted by Crippen LogP contribution is -2.15. The Morgan fingerprint density at radius 1 is 1.20 bits per heavy atom. The van der Waals surface area contributed by atoms with Gasteiger partial charge < -0.3 is 9.88 Å². The zero-order valence-electron chi connectivity index (χ0n) is 12.5. The monoisotopic (exact) mass is 275 g/mol. The quantitative estimate of drug-likeness (QED) is 0.893. The zero-order chi connectivity index (χ0) is 14.7. The number of anilines is 1. The molecule has 0 aliphatic rings. The van der Waals surface area contributed by atoms with E-state index < -0.39 is 0 Å². The van der Waals surface area contributed by atoms with E-state index in [1.54, 1.807) is 0 Å². The Hall–Kier alpha value is -1.84. The number of hydrogen-bond acceptors (Lipinski definition) is 2. The minimum absolute atomic E-state index is 0.117. The smallest absolute Gasteiger partial charge is 0.203 e. The Morgan fingerprint density at radius 2 is 1.85 bits per heavy atom. The number of imidazole rings is 1.